The first-order chi connectivity index (χ1) is 9.35. The van der Waals surface area contributed by atoms with Gasteiger partial charge in [0.05, 0.1) is 6.54 Å². The molecule has 0 spiro atoms. The highest BCUT2D eigenvalue weighted by molar-refractivity contribution is 4.89. The van der Waals surface area contributed by atoms with E-state index in [0.717, 1.165) is 63.4 Å². The van der Waals surface area contributed by atoms with Crippen molar-refractivity contribution in [1.29, 1.82) is 0 Å². The van der Waals surface area contributed by atoms with E-state index in [2.05, 4.69) is 25.3 Å². The molecule has 1 aromatic heterocycles. The minimum absolute atomic E-state index is 0.741. The fraction of sp³-hybridized carbons (Fsp3) is 0.846. The Morgan fingerprint density at radius 1 is 1.32 bits per heavy atom. The van der Waals surface area contributed by atoms with Crippen LogP contribution >= 0.6 is 0 Å². The van der Waals surface area contributed by atoms with Crippen LogP contribution < -0.4 is 5.32 Å². The third kappa shape index (κ3) is 3.13. The standard InChI is InChI=1S/C13H23N5O/c1-2-13-15-12(16-19-13)10-17-5-7-18(8-6-17)11-3-4-14-9-11/h11,14H,2-10H2,1H3. The molecule has 2 aliphatic heterocycles. The van der Waals surface area contributed by atoms with Gasteiger partial charge in [-0.1, -0.05) is 12.1 Å². The summed E-state index contributed by atoms with van der Waals surface area (Å²) in [5.74, 6) is 1.57. The number of piperazine rings is 1. The van der Waals surface area contributed by atoms with Gasteiger partial charge in [0.25, 0.3) is 0 Å². The molecule has 2 saturated heterocycles. The lowest BCUT2D eigenvalue weighted by molar-refractivity contribution is 0.0959. The van der Waals surface area contributed by atoms with Gasteiger partial charge in [0.15, 0.2) is 5.82 Å². The Morgan fingerprint density at radius 2 is 2.16 bits per heavy atom. The van der Waals surface area contributed by atoms with Crippen LogP contribution in [0.4, 0.5) is 0 Å². The van der Waals surface area contributed by atoms with Crippen molar-refractivity contribution in [3.05, 3.63) is 11.7 Å². The third-order valence-electron chi connectivity index (χ3n) is 4.14. The summed E-state index contributed by atoms with van der Waals surface area (Å²) in [6.07, 6.45) is 2.11. The van der Waals surface area contributed by atoms with Gasteiger partial charge in [-0.2, -0.15) is 4.98 Å². The molecule has 0 aliphatic carbocycles. The molecule has 0 aromatic carbocycles. The Bertz CT molecular complexity index is 393. The number of hydrogen-bond donors (Lipinski definition) is 1. The summed E-state index contributed by atoms with van der Waals surface area (Å²) in [5, 5.41) is 7.47. The van der Waals surface area contributed by atoms with Crippen molar-refractivity contribution < 1.29 is 4.52 Å². The van der Waals surface area contributed by atoms with E-state index in [9.17, 15) is 0 Å². The van der Waals surface area contributed by atoms with Gasteiger partial charge in [0, 0.05) is 45.2 Å². The van der Waals surface area contributed by atoms with Crippen molar-refractivity contribution in [2.75, 3.05) is 39.3 Å². The largest absolute Gasteiger partial charge is 0.339 e. The second-order valence-electron chi connectivity index (χ2n) is 5.42. The lowest BCUT2D eigenvalue weighted by Gasteiger charge is -2.37. The molecule has 0 bridgehead atoms. The average Bonchev–Trinajstić information content (AvgIpc) is 3.10. The van der Waals surface area contributed by atoms with Crippen molar-refractivity contribution >= 4 is 0 Å². The van der Waals surface area contributed by atoms with Crippen molar-refractivity contribution in [2.45, 2.75) is 32.4 Å². The van der Waals surface area contributed by atoms with E-state index < -0.39 is 0 Å². The van der Waals surface area contributed by atoms with Crippen LogP contribution in [0.1, 0.15) is 25.1 Å². The molecule has 0 amide bonds. The van der Waals surface area contributed by atoms with Gasteiger partial charge in [-0.25, -0.2) is 0 Å². The average molecular weight is 265 g/mol. The number of nitrogens with one attached hydrogen (secondary N) is 1. The van der Waals surface area contributed by atoms with E-state index in [-0.39, 0.29) is 0 Å². The summed E-state index contributed by atoms with van der Waals surface area (Å²) in [7, 11) is 0. The zero-order valence-corrected chi connectivity index (χ0v) is 11.6. The zero-order chi connectivity index (χ0) is 13.1. The monoisotopic (exact) mass is 265 g/mol. The topological polar surface area (TPSA) is 57.4 Å². The summed E-state index contributed by atoms with van der Waals surface area (Å²) < 4.78 is 5.15. The quantitative estimate of drug-likeness (QED) is 0.834. The van der Waals surface area contributed by atoms with Crippen molar-refractivity contribution in [3.8, 4) is 0 Å². The predicted octanol–water partition coefficient (Wildman–Crippen LogP) is 0.112. The second kappa shape index (κ2) is 5.98. The zero-order valence-electron chi connectivity index (χ0n) is 11.6. The molecule has 1 atom stereocenters. The predicted molar refractivity (Wildman–Crippen MR) is 71.8 cm³/mol. The molecule has 3 rings (SSSR count). The molecule has 106 valence electrons. The van der Waals surface area contributed by atoms with E-state index in [1.807, 2.05) is 6.92 Å². The van der Waals surface area contributed by atoms with Crippen LogP contribution in [0.3, 0.4) is 0 Å². The summed E-state index contributed by atoms with van der Waals surface area (Å²) in [6.45, 7) is 9.71. The van der Waals surface area contributed by atoms with Gasteiger partial charge in [-0.05, 0) is 13.0 Å². The van der Waals surface area contributed by atoms with Gasteiger partial charge in [-0.15, -0.1) is 0 Å². The minimum atomic E-state index is 0.741. The van der Waals surface area contributed by atoms with Crippen LogP contribution in [0, 0.1) is 0 Å². The highest BCUT2D eigenvalue weighted by Gasteiger charge is 2.26. The molecular weight excluding hydrogens is 242 g/mol. The maximum Gasteiger partial charge on any atom is 0.226 e. The molecule has 6 nitrogen and oxygen atoms in total. The number of aryl methyl sites for hydroxylation is 1. The van der Waals surface area contributed by atoms with Crippen LogP contribution in [0.2, 0.25) is 0 Å². The number of rotatable bonds is 4. The molecule has 1 unspecified atom stereocenters. The Balaban J connectivity index is 1.47. The number of nitrogens with zero attached hydrogens (tertiary/aromatic N) is 4. The molecular formula is C13H23N5O. The van der Waals surface area contributed by atoms with Gasteiger partial charge >= 0.3 is 0 Å². The van der Waals surface area contributed by atoms with Crippen molar-refractivity contribution in [3.63, 3.8) is 0 Å². The van der Waals surface area contributed by atoms with Crippen LogP contribution in [0.5, 0.6) is 0 Å². The fourth-order valence-corrected chi connectivity index (χ4v) is 2.94. The Hall–Kier alpha value is -0.980. The third-order valence-corrected chi connectivity index (χ3v) is 4.14. The first-order valence-electron chi connectivity index (χ1n) is 7.33. The highest BCUT2D eigenvalue weighted by atomic mass is 16.5. The second-order valence-corrected chi connectivity index (χ2v) is 5.42. The minimum Gasteiger partial charge on any atom is -0.339 e. The molecule has 1 aromatic rings. The molecule has 3 heterocycles. The van der Waals surface area contributed by atoms with Crippen LogP contribution in [-0.4, -0.2) is 65.3 Å². The van der Waals surface area contributed by atoms with Gasteiger partial charge in [0.2, 0.25) is 5.89 Å². The first kappa shape index (κ1) is 13.0. The van der Waals surface area contributed by atoms with Gasteiger partial charge in [0.1, 0.15) is 0 Å². The lowest BCUT2D eigenvalue weighted by atomic mass is 10.2. The maximum atomic E-state index is 5.15. The van der Waals surface area contributed by atoms with E-state index in [4.69, 9.17) is 4.52 Å². The molecule has 19 heavy (non-hydrogen) atoms. The van der Waals surface area contributed by atoms with Gasteiger partial charge < -0.3 is 9.84 Å². The van der Waals surface area contributed by atoms with Crippen LogP contribution in [0.15, 0.2) is 4.52 Å². The van der Waals surface area contributed by atoms with Crippen LogP contribution in [0.25, 0.3) is 0 Å². The Labute approximate surface area is 114 Å². The number of hydrogen-bond acceptors (Lipinski definition) is 6. The van der Waals surface area contributed by atoms with E-state index in [1.165, 1.54) is 13.0 Å². The van der Waals surface area contributed by atoms with Gasteiger partial charge in [-0.3, -0.25) is 9.80 Å². The summed E-state index contributed by atoms with van der Waals surface area (Å²) in [4.78, 5) is 9.41. The van der Waals surface area contributed by atoms with Crippen LogP contribution in [-0.2, 0) is 13.0 Å². The first-order valence-corrected chi connectivity index (χ1v) is 7.33. The molecule has 2 aliphatic rings. The maximum absolute atomic E-state index is 5.15. The molecule has 0 saturated carbocycles. The fourth-order valence-electron chi connectivity index (χ4n) is 2.94. The van der Waals surface area contributed by atoms with E-state index in [0.29, 0.717) is 0 Å². The molecule has 6 heteroatoms. The molecule has 2 fully saturated rings. The Morgan fingerprint density at radius 3 is 2.79 bits per heavy atom. The molecule has 1 N–H and O–H groups in total. The van der Waals surface area contributed by atoms with E-state index >= 15 is 0 Å². The summed E-state index contributed by atoms with van der Waals surface area (Å²) >= 11 is 0. The van der Waals surface area contributed by atoms with Crippen molar-refractivity contribution in [1.82, 2.24) is 25.3 Å². The number of aromatic nitrogens is 2. The summed E-state index contributed by atoms with van der Waals surface area (Å²) in [5.41, 5.74) is 0. The molecule has 0 radical (unpaired) electrons. The van der Waals surface area contributed by atoms with E-state index in [1.54, 1.807) is 0 Å². The van der Waals surface area contributed by atoms with Crippen molar-refractivity contribution in [2.24, 2.45) is 0 Å². The smallest absolute Gasteiger partial charge is 0.226 e. The lowest BCUT2D eigenvalue weighted by Crippen LogP contribution is -2.50. The normalized spacial score (nSPS) is 26.1. The summed E-state index contributed by atoms with van der Waals surface area (Å²) in [6, 6.07) is 0.749. The SMILES string of the molecule is CCc1nc(CN2CCN(C3CCNC3)CC2)no1. The Kier molecular flexibility index (Phi) is 4.10. The highest BCUT2D eigenvalue weighted by Crippen LogP contribution is 2.13.